The highest BCUT2D eigenvalue weighted by molar-refractivity contribution is 5.15. The van der Waals surface area contributed by atoms with Crippen molar-refractivity contribution in [3.8, 4) is 0 Å². The first-order valence-corrected chi connectivity index (χ1v) is 5.85. The SMILES string of the molecule is NC1CCCC(OCc2cccc(F)c2)C1. The fraction of sp³-hybridized carbons (Fsp3) is 0.538. The van der Waals surface area contributed by atoms with Crippen molar-refractivity contribution in [1.82, 2.24) is 0 Å². The lowest BCUT2D eigenvalue weighted by molar-refractivity contribution is 0.0121. The van der Waals surface area contributed by atoms with Gasteiger partial charge in [0.05, 0.1) is 12.7 Å². The Kier molecular flexibility index (Phi) is 3.91. The highest BCUT2D eigenvalue weighted by atomic mass is 19.1. The molecule has 0 radical (unpaired) electrons. The van der Waals surface area contributed by atoms with E-state index in [0.717, 1.165) is 31.2 Å². The number of nitrogens with two attached hydrogens (primary N) is 1. The minimum atomic E-state index is -0.207. The summed E-state index contributed by atoms with van der Waals surface area (Å²) in [6, 6.07) is 6.82. The molecule has 1 aromatic carbocycles. The zero-order valence-electron chi connectivity index (χ0n) is 9.36. The molecule has 0 aromatic heterocycles. The molecule has 0 bridgehead atoms. The molecular weight excluding hydrogens is 205 g/mol. The third kappa shape index (κ3) is 3.29. The predicted octanol–water partition coefficient (Wildman–Crippen LogP) is 2.61. The molecule has 1 fully saturated rings. The zero-order chi connectivity index (χ0) is 11.4. The van der Waals surface area contributed by atoms with E-state index < -0.39 is 0 Å². The molecule has 88 valence electrons. The molecule has 1 aromatic rings. The lowest BCUT2D eigenvalue weighted by atomic mass is 9.93. The quantitative estimate of drug-likeness (QED) is 0.855. The van der Waals surface area contributed by atoms with E-state index >= 15 is 0 Å². The lowest BCUT2D eigenvalue weighted by Crippen LogP contribution is -2.32. The molecule has 16 heavy (non-hydrogen) atoms. The molecule has 3 heteroatoms. The molecule has 2 atom stereocenters. The summed E-state index contributed by atoms with van der Waals surface area (Å²) in [5.41, 5.74) is 6.77. The van der Waals surface area contributed by atoms with Crippen LogP contribution in [0.5, 0.6) is 0 Å². The fourth-order valence-corrected chi connectivity index (χ4v) is 2.17. The van der Waals surface area contributed by atoms with E-state index in [1.807, 2.05) is 6.07 Å². The molecule has 2 unspecified atom stereocenters. The van der Waals surface area contributed by atoms with Gasteiger partial charge in [-0.15, -0.1) is 0 Å². The second-order valence-electron chi connectivity index (χ2n) is 4.49. The second-order valence-corrected chi connectivity index (χ2v) is 4.49. The Morgan fingerprint density at radius 2 is 2.25 bits per heavy atom. The monoisotopic (exact) mass is 223 g/mol. The van der Waals surface area contributed by atoms with E-state index in [1.165, 1.54) is 12.1 Å². The van der Waals surface area contributed by atoms with Crippen LogP contribution in [0.2, 0.25) is 0 Å². The normalized spacial score (nSPS) is 25.6. The van der Waals surface area contributed by atoms with Gasteiger partial charge >= 0.3 is 0 Å². The third-order valence-electron chi connectivity index (χ3n) is 3.04. The highest BCUT2D eigenvalue weighted by Crippen LogP contribution is 2.21. The first-order chi connectivity index (χ1) is 7.74. The summed E-state index contributed by atoms with van der Waals surface area (Å²) in [6.07, 6.45) is 4.47. The van der Waals surface area contributed by atoms with Crippen LogP contribution in [-0.2, 0) is 11.3 Å². The summed E-state index contributed by atoms with van der Waals surface area (Å²) >= 11 is 0. The molecule has 0 saturated heterocycles. The van der Waals surface area contributed by atoms with Gasteiger partial charge in [-0.05, 0) is 43.4 Å². The average molecular weight is 223 g/mol. The molecule has 0 heterocycles. The molecule has 2 N–H and O–H groups in total. The van der Waals surface area contributed by atoms with E-state index in [1.54, 1.807) is 6.07 Å². The minimum absolute atomic E-state index is 0.207. The molecule has 1 saturated carbocycles. The summed E-state index contributed by atoms with van der Waals surface area (Å²) in [6.45, 7) is 0.481. The number of hydrogen-bond acceptors (Lipinski definition) is 2. The Labute approximate surface area is 95.6 Å². The van der Waals surface area contributed by atoms with E-state index in [-0.39, 0.29) is 18.0 Å². The number of halogens is 1. The first kappa shape index (κ1) is 11.6. The minimum Gasteiger partial charge on any atom is -0.373 e. The number of ether oxygens (including phenoxy) is 1. The van der Waals surface area contributed by atoms with Crippen LogP contribution in [0.1, 0.15) is 31.2 Å². The Balaban J connectivity index is 1.82. The largest absolute Gasteiger partial charge is 0.373 e. The van der Waals surface area contributed by atoms with Crippen molar-refractivity contribution in [2.24, 2.45) is 5.73 Å². The van der Waals surface area contributed by atoms with Gasteiger partial charge in [-0.1, -0.05) is 12.1 Å². The van der Waals surface area contributed by atoms with Crippen molar-refractivity contribution in [3.05, 3.63) is 35.6 Å². The maximum atomic E-state index is 12.9. The summed E-state index contributed by atoms with van der Waals surface area (Å²) < 4.78 is 18.7. The maximum Gasteiger partial charge on any atom is 0.123 e. The fourth-order valence-electron chi connectivity index (χ4n) is 2.17. The Hall–Kier alpha value is -0.930. The highest BCUT2D eigenvalue weighted by Gasteiger charge is 2.19. The number of hydrogen-bond donors (Lipinski definition) is 1. The van der Waals surface area contributed by atoms with Crippen LogP contribution in [0.15, 0.2) is 24.3 Å². The van der Waals surface area contributed by atoms with Gasteiger partial charge in [0.1, 0.15) is 5.82 Å². The first-order valence-electron chi connectivity index (χ1n) is 5.85. The van der Waals surface area contributed by atoms with Gasteiger partial charge in [0.15, 0.2) is 0 Å². The van der Waals surface area contributed by atoms with Crippen molar-refractivity contribution in [2.45, 2.75) is 44.4 Å². The molecular formula is C13H18FNO. The van der Waals surface area contributed by atoms with Gasteiger partial charge in [0, 0.05) is 6.04 Å². The third-order valence-corrected chi connectivity index (χ3v) is 3.04. The zero-order valence-corrected chi connectivity index (χ0v) is 9.36. The Bertz CT molecular complexity index is 342. The van der Waals surface area contributed by atoms with Gasteiger partial charge in [-0.3, -0.25) is 0 Å². The average Bonchev–Trinajstić information content (AvgIpc) is 2.27. The van der Waals surface area contributed by atoms with Gasteiger partial charge < -0.3 is 10.5 Å². The number of benzene rings is 1. The topological polar surface area (TPSA) is 35.2 Å². The van der Waals surface area contributed by atoms with Gasteiger partial charge in [-0.25, -0.2) is 4.39 Å². The van der Waals surface area contributed by atoms with Crippen LogP contribution in [0, 0.1) is 5.82 Å². The van der Waals surface area contributed by atoms with Crippen molar-refractivity contribution in [2.75, 3.05) is 0 Å². The molecule has 1 aliphatic carbocycles. The molecule has 0 amide bonds. The number of rotatable bonds is 3. The summed E-state index contributed by atoms with van der Waals surface area (Å²) in [4.78, 5) is 0. The lowest BCUT2D eigenvalue weighted by Gasteiger charge is -2.26. The van der Waals surface area contributed by atoms with Gasteiger partial charge in [0.2, 0.25) is 0 Å². The molecule has 0 aliphatic heterocycles. The smallest absolute Gasteiger partial charge is 0.123 e. The van der Waals surface area contributed by atoms with Crippen LogP contribution in [0.3, 0.4) is 0 Å². The van der Waals surface area contributed by atoms with Crippen molar-refractivity contribution in [1.29, 1.82) is 0 Å². The molecule has 2 rings (SSSR count). The van der Waals surface area contributed by atoms with Crippen LogP contribution >= 0.6 is 0 Å². The summed E-state index contributed by atoms with van der Waals surface area (Å²) in [5, 5.41) is 0. The van der Waals surface area contributed by atoms with E-state index in [4.69, 9.17) is 10.5 Å². The Morgan fingerprint density at radius 3 is 3.00 bits per heavy atom. The van der Waals surface area contributed by atoms with Crippen molar-refractivity contribution < 1.29 is 9.13 Å². The van der Waals surface area contributed by atoms with Crippen molar-refractivity contribution in [3.63, 3.8) is 0 Å². The molecule has 1 aliphatic rings. The van der Waals surface area contributed by atoms with E-state index in [2.05, 4.69) is 0 Å². The maximum absolute atomic E-state index is 12.9. The molecule has 2 nitrogen and oxygen atoms in total. The summed E-state index contributed by atoms with van der Waals surface area (Å²) in [5.74, 6) is -0.207. The van der Waals surface area contributed by atoms with Gasteiger partial charge in [-0.2, -0.15) is 0 Å². The van der Waals surface area contributed by atoms with E-state index in [0.29, 0.717) is 6.61 Å². The second kappa shape index (κ2) is 5.41. The Morgan fingerprint density at radius 1 is 1.38 bits per heavy atom. The standard InChI is InChI=1S/C13H18FNO/c14-11-4-1-3-10(7-11)9-16-13-6-2-5-12(15)8-13/h1,3-4,7,12-13H,2,5-6,8-9,15H2. The van der Waals surface area contributed by atoms with Crippen LogP contribution in [0.4, 0.5) is 4.39 Å². The van der Waals surface area contributed by atoms with E-state index in [9.17, 15) is 4.39 Å². The van der Waals surface area contributed by atoms with Crippen LogP contribution < -0.4 is 5.73 Å². The van der Waals surface area contributed by atoms with Gasteiger partial charge in [0.25, 0.3) is 0 Å². The van der Waals surface area contributed by atoms with Crippen molar-refractivity contribution >= 4 is 0 Å². The van der Waals surface area contributed by atoms with Crippen LogP contribution in [0.25, 0.3) is 0 Å². The summed E-state index contributed by atoms with van der Waals surface area (Å²) in [7, 11) is 0. The van der Waals surface area contributed by atoms with Crippen LogP contribution in [-0.4, -0.2) is 12.1 Å². The molecule has 0 spiro atoms. The predicted molar refractivity (Wildman–Crippen MR) is 61.4 cm³/mol.